The summed E-state index contributed by atoms with van der Waals surface area (Å²) in [6, 6.07) is 10.6. The second-order valence-corrected chi connectivity index (χ2v) is 12.9. The minimum Gasteiger partial charge on any atom is -0.554 e. The fourth-order valence-corrected chi connectivity index (χ4v) is 5.69. The average Bonchev–Trinajstić information content (AvgIpc) is 3.77. The van der Waals surface area contributed by atoms with E-state index in [4.69, 9.17) is 19.8 Å². The van der Waals surface area contributed by atoms with E-state index < -0.39 is 12.9 Å². The first kappa shape index (κ1) is 45.6. The van der Waals surface area contributed by atoms with E-state index in [2.05, 4.69) is 107 Å². The van der Waals surface area contributed by atoms with E-state index in [1.54, 1.807) is 0 Å². The van der Waals surface area contributed by atoms with Crippen LogP contribution in [0, 0.1) is 0 Å². The molecule has 0 fully saturated rings. The van der Waals surface area contributed by atoms with Crippen molar-refractivity contribution in [1.29, 1.82) is 0 Å². The van der Waals surface area contributed by atoms with E-state index in [9.17, 15) is 0 Å². The molecule has 3 aromatic rings. The number of carbonyl (C=O) groups is 2. The number of imidazole rings is 2. The number of carbonyl (C=O) groups excluding carboxylic acids is 2. The zero-order chi connectivity index (χ0) is 36.0. The molecule has 0 unspecified atom stereocenters. The van der Waals surface area contributed by atoms with Gasteiger partial charge in [-0.3, -0.25) is 0 Å². The number of aryl methyl sites for hydroxylation is 3. The summed E-state index contributed by atoms with van der Waals surface area (Å²) in [5.41, 5.74) is 1.35. The van der Waals surface area contributed by atoms with E-state index in [-0.39, 0.29) is 0 Å². The van der Waals surface area contributed by atoms with Crippen molar-refractivity contribution < 1.29 is 28.9 Å². The maximum atomic E-state index is 8.25. The van der Waals surface area contributed by atoms with E-state index in [0.717, 1.165) is 13.1 Å². The Morgan fingerprint density at radius 1 is 0.531 bits per heavy atom. The van der Waals surface area contributed by atoms with Crippen LogP contribution in [-0.4, -0.2) is 22.1 Å². The Kier molecular flexibility index (Phi) is 33.4. The molecule has 0 N–H and O–H groups in total. The molecule has 0 saturated heterocycles. The Bertz CT molecular complexity index is 1090. The molecule has 0 bridgehead atoms. The van der Waals surface area contributed by atoms with Crippen molar-refractivity contribution in [2.45, 2.75) is 175 Å². The molecule has 2 heterocycles. The lowest BCUT2D eigenvalue weighted by molar-refractivity contribution is -0.696. The number of carboxylic acid groups (broad SMARTS) is 2. The molecule has 0 aliphatic rings. The molecule has 0 amide bonds. The van der Waals surface area contributed by atoms with E-state index in [1.807, 2.05) is 0 Å². The second-order valence-electron chi connectivity index (χ2n) is 12.9. The third-order valence-electron chi connectivity index (χ3n) is 8.51. The van der Waals surface area contributed by atoms with E-state index in [0.29, 0.717) is 0 Å². The molecule has 0 aliphatic heterocycles. The first-order chi connectivity index (χ1) is 24.1. The lowest BCUT2D eigenvalue weighted by Crippen LogP contribution is -2.31. The van der Waals surface area contributed by atoms with Crippen LogP contribution in [-0.2, 0) is 35.8 Å². The topological polar surface area (TPSA) is 97.9 Å². The summed E-state index contributed by atoms with van der Waals surface area (Å²) in [5.74, 6) is 0. The molecule has 49 heavy (non-hydrogen) atoms. The summed E-state index contributed by atoms with van der Waals surface area (Å²) in [5, 5.41) is 16.5. The van der Waals surface area contributed by atoms with Crippen molar-refractivity contribution in [2.75, 3.05) is 0 Å². The van der Waals surface area contributed by atoms with Crippen LogP contribution in [0.4, 0.5) is 0 Å². The third-order valence-corrected chi connectivity index (χ3v) is 8.51. The minimum absolute atomic E-state index is 0.500. The van der Waals surface area contributed by atoms with Crippen LogP contribution < -0.4 is 19.3 Å². The van der Waals surface area contributed by atoms with Gasteiger partial charge in [0, 0.05) is 12.9 Å². The number of unbranched alkanes of at least 4 members (excludes halogenated alkanes) is 17. The number of benzene rings is 1. The number of hydrogen-bond donors (Lipinski definition) is 0. The van der Waals surface area contributed by atoms with Gasteiger partial charge in [-0.05, 0) is 31.2 Å². The van der Waals surface area contributed by atoms with Gasteiger partial charge in [0.05, 0.1) is 19.6 Å². The zero-order valence-electron chi connectivity index (χ0n) is 31.4. The van der Waals surface area contributed by atoms with Crippen LogP contribution in [0.2, 0.25) is 0 Å². The Balaban J connectivity index is 0.000000878. The molecule has 0 saturated carbocycles. The summed E-state index contributed by atoms with van der Waals surface area (Å²) in [6.45, 7) is 10.2. The highest BCUT2D eigenvalue weighted by Crippen LogP contribution is 2.14. The predicted molar refractivity (Wildman–Crippen MR) is 196 cm³/mol. The number of rotatable bonds is 25. The largest absolute Gasteiger partial charge is 0.554 e. The lowest BCUT2D eigenvalue weighted by Gasteiger charge is -2.03. The standard InChI is InChI=1S/C25H49N2.C14H19N2.2CH2O2/c1-3-5-7-8-9-10-11-12-13-14-15-16-17-18-19-20-22-27-24-23-26(25-27)21-6-4-2;1-2-3-9-15-10-11-16(13-15)12-14-7-5-4-6-8-14;2*2-1-3/h23-25H,3-22H2,1-2H3;4-8,10-11,13H,2-3,9,12H2,1H3;2*1H,(H,2,3)/q2*+1;;/p-2. The van der Waals surface area contributed by atoms with Gasteiger partial charge in [0.15, 0.2) is 0 Å². The van der Waals surface area contributed by atoms with Crippen molar-refractivity contribution >= 4 is 12.9 Å². The van der Waals surface area contributed by atoms with Gasteiger partial charge in [-0.25, -0.2) is 18.3 Å². The van der Waals surface area contributed by atoms with Gasteiger partial charge >= 0.3 is 0 Å². The van der Waals surface area contributed by atoms with Gasteiger partial charge in [-0.2, -0.15) is 0 Å². The summed E-state index contributed by atoms with van der Waals surface area (Å²) >= 11 is 0. The number of nitrogens with zero attached hydrogens (tertiary/aromatic N) is 4. The molecule has 8 heteroatoms. The number of hydrogen-bond acceptors (Lipinski definition) is 4. The quantitative estimate of drug-likeness (QED) is 0.0537. The predicted octanol–water partition coefficient (Wildman–Crippen LogP) is 7.19. The molecule has 2 aromatic heterocycles. The lowest BCUT2D eigenvalue weighted by atomic mass is 10.0. The highest BCUT2D eigenvalue weighted by atomic mass is 16.3. The van der Waals surface area contributed by atoms with Crippen LogP contribution in [0.5, 0.6) is 0 Å². The van der Waals surface area contributed by atoms with Crippen molar-refractivity contribution in [3.8, 4) is 0 Å². The molecule has 0 radical (unpaired) electrons. The highest BCUT2D eigenvalue weighted by Gasteiger charge is 2.04. The second kappa shape index (κ2) is 35.9. The Hall–Kier alpha value is -3.42. The minimum atomic E-state index is -0.500. The molecule has 0 atom stereocenters. The summed E-state index contributed by atoms with van der Waals surface area (Å²) in [4.78, 5) is 16.5. The maximum Gasteiger partial charge on any atom is 0.244 e. The zero-order valence-corrected chi connectivity index (χ0v) is 31.4. The van der Waals surface area contributed by atoms with Crippen LogP contribution in [0.15, 0.2) is 67.8 Å². The van der Waals surface area contributed by atoms with Crippen LogP contribution in [0.3, 0.4) is 0 Å². The van der Waals surface area contributed by atoms with Crippen molar-refractivity contribution in [3.05, 3.63) is 73.3 Å². The number of aromatic nitrogens is 4. The van der Waals surface area contributed by atoms with Gasteiger partial charge in [0.2, 0.25) is 12.7 Å². The van der Waals surface area contributed by atoms with Crippen molar-refractivity contribution in [3.63, 3.8) is 0 Å². The van der Waals surface area contributed by atoms with Gasteiger partial charge in [0.25, 0.3) is 0 Å². The fourth-order valence-electron chi connectivity index (χ4n) is 5.69. The first-order valence-electron chi connectivity index (χ1n) is 19.3. The maximum absolute atomic E-state index is 8.25. The van der Waals surface area contributed by atoms with Gasteiger partial charge in [0.1, 0.15) is 31.3 Å². The summed E-state index contributed by atoms with van der Waals surface area (Å²) < 4.78 is 9.17. The van der Waals surface area contributed by atoms with E-state index >= 15 is 0 Å². The van der Waals surface area contributed by atoms with Crippen LogP contribution in [0.25, 0.3) is 0 Å². The molecule has 3 rings (SSSR count). The average molecular weight is 683 g/mol. The SMILES string of the molecule is CCCCCCCCCCCCCCCCCCn1cc[n+](CCCC)c1.CCCCn1cc[n+](Cc2ccccc2)c1.O=C[O-].O=C[O-]. The smallest absolute Gasteiger partial charge is 0.244 e. The third kappa shape index (κ3) is 29.2. The van der Waals surface area contributed by atoms with Gasteiger partial charge in [-0.1, -0.05) is 154 Å². The van der Waals surface area contributed by atoms with E-state index in [1.165, 1.54) is 147 Å². The summed E-state index contributed by atoms with van der Waals surface area (Å²) in [7, 11) is 0. The highest BCUT2D eigenvalue weighted by molar-refractivity contribution is 5.29. The monoisotopic (exact) mass is 683 g/mol. The Morgan fingerprint density at radius 2 is 0.918 bits per heavy atom. The Labute approximate surface area is 299 Å². The van der Waals surface area contributed by atoms with Crippen molar-refractivity contribution in [2.24, 2.45) is 0 Å². The first-order valence-corrected chi connectivity index (χ1v) is 19.3. The molecular formula is C41H70N4O4. The molecule has 0 spiro atoms. The van der Waals surface area contributed by atoms with Crippen molar-refractivity contribution in [1.82, 2.24) is 9.13 Å². The molecule has 278 valence electrons. The Morgan fingerprint density at radius 3 is 1.39 bits per heavy atom. The van der Waals surface area contributed by atoms with Crippen LogP contribution >= 0.6 is 0 Å². The van der Waals surface area contributed by atoms with Crippen LogP contribution in [0.1, 0.15) is 155 Å². The van der Waals surface area contributed by atoms with Gasteiger partial charge < -0.3 is 19.8 Å². The normalized spacial score (nSPS) is 10.2. The molecule has 1 aromatic carbocycles. The fraction of sp³-hybridized carbons (Fsp3) is 0.659. The molecule has 0 aliphatic carbocycles. The molecule has 8 nitrogen and oxygen atoms in total. The van der Waals surface area contributed by atoms with Gasteiger partial charge in [-0.15, -0.1) is 0 Å². The molecular weight excluding hydrogens is 612 g/mol. The summed E-state index contributed by atoms with van der Waals surface area (Å²) in [6.07, 6.45) is 41.4.